The number of rotatable bonds is 9. The highest BCUT2D eigenvalue weighted by Crippen LogP contribution is 2.49. The minimum Gasteiger partial charge on any atom is -0.494 e. The van der Waals surface area contributed by atoms with Crippen molar-refractivity contribution in [2.75, 3.05) is 11.9 Å². The number of anilines is 1. The van der Waals surface area contributed by atoms with Gasteiger partial charge in [-0.1, -0.05) is 30.3 Å². The quantitative estimate of drug-likeness (QED) is 0.667. The van der Waals surface area contributed by atoms with E-state index in [9.17, 15) is 9.59 Å². The molecule has 0 radical (unpaired) electrons. The van der Waals surface area contributed by atoms with Gasteiger partial charge in [-0.15, -0.1) is 0 Å². The third-order valence-electron chi connectivity index (χ3n) is 4.54. The SMILES string of the molecule is O=C(O)CCCOc1ccc(NC(=O)C[C@@H]2C[C@H]2c2ccccc2)cc1. The highest BCUT2D eigenvalue weighted by molar-refractivity contribution is 5.91. The molecule has 0 bridgehead atoms. The molecule has 0 saturated heterocycles. The van der Waals surface area contributed by atoms with Crippen LogP contribution in [0.15, 0.2) is 54.6 Å². The first-order valence-corrected chi connectivity index (χ1v) is 8.91. The van der Waals surface area contributed by atoms with Crippen LogP contribution in [0.3, 0.4) is 0 Å². The predicted octanol–water partition coefficient (Wildman–Crippen LogP) is 4.06. The third-order valence-corrected chi connectivity index (χ3v) is 4.54. The van der Waals surface area contributed by atoms with Gasteiger partial charge in [-0.2, -0.15) is 0 Å². The second kappa shape index (κ2) is 8.52. The summed E-state index contributed by atoms with van der Waals surface area (Å²) in [7, 11) is 0. The molecule has 0 heterocycles. The lowest BCUT2D eigenvalue weighted by atomic mass is 10.1. The minimum absolute atomic E-state index is 0.0311. The molecular formula is C21H23NO4. The molecule has 0 aromatic heterocycles. The Balaban J connectivity index is 1.40. The van der Waals surface area contributed by atoms with Crippen molar-refractivity contribution in [1.29, 1.82) is 0 Å². The highest BCUT2D eigenvalue weighted by Gasteiger charge is 2.39. The Hall–Kier alpha value is -2.82. The number of carboxylic acid groups (broad SMARTS) is 1. The number of carbonyl (C=O) groups excluding carboxylic acids is 1. The van der Waals surface area contributed by atoms with Crippen molar-refractivity contribution in [2.24, 2.45) is 5.92 Å². The second-order valence-electron chi connectivity index (χ2n) is 6.64. The van der Waals surface area contributed by atoms with Crippen LogP contribution in [0.5, 0.6) is 5.75 Å². The molecule has 136 valence electrons. The van der Waals surface area contributed by atoms with E-state index in [1.807, 2.05) is 18.2 Å². The van der Waals surface area contributed by atoms with Crippen LogP contribution in [0.4, 0.5) is 5.69 Å². The first kappa shape index (κ1) is 18.0. The summed E-state index contributed by atoms with van der Waals surface area (Å²) in [5.74, 6) is 0.804. The Bertz CT molecular complexity index is 742. The van der Waals surface area contributed by atoms with Gasteiger partial charge < -0.3 is 15.2 Å². The van der Waals surface area contributed by atoms with Crippen LogP contribution in [0.1, 0.15) is 37.2 Å². The number of ether oxygens (including phenoxy) is 1. The van der Waals surface area contributed by atoms with Gasteiger partial charge in [0.2, 0.25) is 5.91 Å². The summed E-state index contributed by atoms with van der Waals surface area (Å²) in [4.78, 5) is 22.6. The maximum atomic E-state index is 12.2. The topological polar surface area (TPSA) is 75.6 Å². The molecule has 5 nitrogen and oxygen atoms in total. The van der Waals surface area contributed by atoms with Gasteiger partial charge in [-0.25, -0.2) is 0 Å². The van der Waals surface area contributed by atoms with Crippen LogP contribution < -0.4 is 10.1 Å². The van der Waals surface area contributed by atoms with Crippen LogP contribution in [0, 0.1) is 5.92 Å². The maximum absolute atomic E-state index is 12.2. The fourth-order valence-corrected chi connectivity index (χ4v) is 3.08. The molecule has 26 heavy (non-hydrogen) atoms. The number of hydrogen-bond acceptors (Lipinski definition) is 3. The number of benzene rings is 2. The normalized spacial score (nSPS) is 18.2. The number of amides is 1. The Kier molecular flexibility index (Phi) is 5.89. The summed E-state index contributed by atoms with van der Waals surface area (Å²) in [6.07, 6.45) is 2.17. The molecule has 1 fully saturated rings. The summed E-state index contributed by atoms with van der Waals surface area (Å²) in [5.41, 5.74) is 2.06. The molecule has 0 spiro atoms. The van der Waals surface area contributed by atoms with Crippen molar-refractivity contribution in [3.63, 3.8) is 0 Å². The lowest BCUT2D eigenvalue weighted by Gasteiger charge is -2.08. The van der Waals surface area contributed by atoms with E-state index in [0.29, 0.717) is 37.0 Å². The summed E-state index contributed by atoms with van der Waals surface area (Å²) in [5, 5.41) is 11.5. The molecule has 1 amide bonds. The Morgan fingerprint density at radius 1 is 1.08 bits per heavy atom. The number of carboxylic acids is 1. The van der Waals surface area contributed by atoms with Crippen LogP contribution in [0.25, 0.3) is 0 Å². The molecule has 1 aliphatic carbocycles. The smallest absolute Gasteiger partial charge is 0.303 e. The van der Waals surface area contributed by atoms with Crippen molar-refractivity contribution < 1.29 is 19.4 Å². The lowest BCUT2D eigenvalue weighted by Crippen LogP contribution is -2.12. The van der Waals surface area contributed by atoms with Crippen molar-refractivity contribution >= 4 is 17.6 Å². The average molecular weight is 353 g/mol. The highest BCUT2D eigenvalue weighted by atomic mass is 16.5. The molecule has 5 heteroatoms. The molecule has 2 atom stereocenters. The Morgan fingerprint density at radius 3 is 2.50 bits per heavy atom. The molecule has 0 aliphatic heterocycles. The van der Waals surface area contributed by atoms with E-state index in [1.54, 1.807) is 24.3 Å². The molecule has 2 aromatic carbocycles. The van der Waals surface area contributed by atoms with Gasteiger partial charge in [0.15, 0.2) is 0 Å². The fourth-order valence-electron chi connectivity index (χ4n) is 3.08. The van der Waals surface area contributed by atoms with Crippen molar-refractivity contribution in [3.8, 4) is 5.75 Å². The molecule has 2 N–H and O–H groups in total. The summed E-state index contributed by atoms with van der Waals surface area (Å²) in [6.45, 7) is 0.362. The molecular weight excluding hydrogens is 330 g/mol. The van der Waals surface area contributed by atoms with Crippen LogP contribution in [-0.2, 0) is 9.59 Å². The van der Waals surface area contributed by atoms with Crippen molar-refractivity contribution in [3.05, 3.63) is 60.2 Å². The molecule has 3 rings (SSSR count). The zero-order chi connectivity index (χ0) is 18.4. The maximum Gasteiger partial charge on any atom is 0.303 e. The number of carbonyl (C=O) groups is 2. The van der Waals surface area contributed by atoms with Gasteiger partial charge >= 0.3 is 5.97 Å². The molecule has 2 aromatic rings. The van der Waals surface area contributed by atoms with Crippen molar-refractivity contribution in [2.45, 2.75) is 31.6 Å². The average Bonchev–Trinajstić information content (AvgIpc) is 3.39. The van der Waals surface area contributed by atoms with E-state index in [1.165, 1.54) is 5.56 Å². The minimum atomic E-state index is -0.822. The number of nitrogens with one attached hydrogen (secondary N) is 1. The van der Waals surface area contributed by atoms with Gasteiger partial charge in [0, 0.05) is 18.5 Å². The first-order chi connectivity index (χ1) is 12.6. The van der Waals surface area contributed by atoms with Crippen molar-refractivity contribution in [1.82, 2.24) is 0 Å². The summed E-state index contributed by atoms with van der Waals surface area (Å²) in [6, 6.07) is 17.5. The molecule has 1 saturated carbocycles. The number of aliphatic carboxylic acids is 1. The van der Waals surface area contributed by atoms with E-state index in [0.717, 1.165) is 12.1 Å². The second-order valence-corrected chi connectivity index (χ2v) is 6.64. The Labute approximate surface area is 153 Å². The molecule has 1 aliphatic rings. The van der Waals surface area contributed by atoms with E-state index in [-0.39, 0.29) is 12.3 Å². The lowest BCUT2D eigenvalue weighted by molar-refractivity contribution is -0.137. The van der Waals surface area contributed by atoms with Crippen LogP contribution in [0.2, 0.25) is 0 Å². The molecule has 0 unspecified atom stereocenters. The number of hydrogen-bond donors (Lipinski definition) is 2. The first-order valence-electron chi connectivity index (χ1n) is 8.91. The van der Waals surface area contributed by atoms with E-state index < -0.39 is 5.97 Å². The fraction of sp³-hybridized carbons (Fsp3) is 0.333. The van der Waals surface area contributed by atoms with E-state index in [4.69, 9.17) is 9.84 Å². The van der Waals surface area contributed by atoms with Gasteiger partial charge in [0.25, 0.3) is 0 Å². The predicted molar refractivity (Wildman–Crippen MR) is 99.3 cm³/mol. The largest absolute Gasteiger partial charge is 0.494 e. The summed E-state index contributed by atoms with van der Waals surface area (Å²) < 4.78 is 5.48. The van der Waals surface area contributed by atoms with Gasteiger partial charge in [0.05, 0.1) is 6.61 Å². The Morgan fingerprint density at radius 2 is 1.81 bits per heavy atom. The third kappa shape index (κ3) is 5.34. The standard InChI is InChI=1S/C21H23NO4/c23-20(14-16-13-19(16)15-5-2-1-3-6-15)22-17-8-10-18(11-9-17)26-12-4-7-21(24)25/h1-3,5-6,8-11,16,19H,4,7,12-14H2,(H,22,23)(H,24,25)/t16-,19-/m0/s1. The van der Waals surface area contributed by atoms with Gasteiger partial charge in [-0.05, 0) is 54.5 Å². The summed E-state index contributed by atoms with van der Waals surface area (Å²) >= 11 is 0. The van der Waals surface area contributed by atoms with E-state index in [2.05, 4.69) is 17.4 Å². The zero-order valence-corrected chi connectivity index (χ0v) is 14.6. The van der Waals surface area contributed by atoms with Crippen LogP contribution >= 0.6 is 0 Å². The van der Waals surface area contributed by atoms with Crippen LogP contribution in [-0.4, -0.2) is 23.6 Å². The van der Waals surface area contributed by atoms with E-state index >= 15 is 0 Å². The monoisotopic (exact) mass is 353 g/mol. The van der Waals surface area contributed by atoms with Gasteiger partial charge in [0.1, 0.15) is 5.75 Å². The van der Waals surface area contributed by atoms with Gasteiger partial charge in [-0.3, -0.25) is 9.59 Å². The zero-order valence-electron chi connectivity index (χ0n) is 14.6.